The molecule has 0 aliphatic carbocycles. The smallest absolute Gasteiger partial charge is 0.347 e. The van der Waals surface area contributed by atoms with Crippen molar-refractivity contribution in [3.05, 3.63) is 44.9 Å². The lowest BCUT2D eigenvalue weighted by molar-refractivity contribution is -0.385. The number of hydrogen-bond acceptors (Lipinski definition) is 6. The van der Waals surface area contributed by atoms with Crippen molar-refractivity contribution in [1.82, 2.24) is 14.3 Å². The van der Waals surface area contributed by atoms with Gasteiger partial charge >= 0.3 is 11.2 Å². The monoisotopic (exact) mass is 331 g/mol. The molecular formula is C15H17N5O4. The van der Waals surface area contributed by atoms with Gasteiger partial charge in [-0.1, -0.05) is 13.0 Å². The van der Waals surface area contributed by atoms with E-state index in [2.05, 4.69) is 4.98 Å². The van der Waals surface area contributed by atoms with Crippen LogP contribution >= 0.6 is 0 Å². The fraction of sp³-hybridized carbons (Fsp3) is 0.400. The number of rotatable bonds is 3. The molecule has 1 fully saturated rings. The molecule has 2 aromatic rings. The summed E-state index contributed by atoms with van der Waals surface area (Å²) in [5.41, 5.74) is -0.878. The van der Waals surface area contributed by atoms with Gasteiger partial charge in [0.15, 0.2) is 0 Å². The van der Waals surface area contributed by atoms with Gasteiger partial charge in [0, 0.05) is 38.8 Å². The molecule has 0 spiro atoms. The lowest BCUT2D eigenvalue weighted by atomic mass is 10.2. The lowest BCUT2D eigenvalue weighted by Crippen LogP contribution is -2.49. The van der Waals surface area contributed by atoms with Crippen LogP contribution in [0.2, 0.25) is 0 Å². The predicted molar refractivity (Wildman–Crippen MR) is 87.2 cm³/mol. The molecule has 1 aliphatic rings. The normalized spacial score (nSPS) is 14.9. The van der Waals surface area contributed by atoms with Gasteiger partial charge in [-0.15, -0.1) is 0 Å². The Labute approximate surface area is 137 Å². The molecule has 3 heterocycles. The van der Waals surface area contributed by atoms with Gasteiger partial charge in [-0.2, -0.15) is 0 Å². The number of carbonyl (C=O) groups excluding carboxylic acids is 1. The zero-order valence-electron chi connectivity index (χ0n) is 13.2. The number of pyridine rings is 1. The average Bonchev–Trinajstić information content (AvgIpc) is 2.60. The molecule has 126 valence electrons. The summed E-state index contributed by atoms with van der Waals surface area (Å²) in [6, 6.07) is 4.97. The van der Waals surface area contributed by atoms with Crippen LogP contribution in [0, 0.1) is 10.1 Å². The number of nitro groups is 1. The van der Waals surface area contributed by atoms with E-state index < -0.39 is 16.2 Å². The Morgan fingerprint density at radius 3 is 2.62 bits per heavy atom. The maximum absolute atomic E-state index is 12.4. The second-order valence-corrected chi connectivity index (χ2v) is 5.50. The number of aromatic nitrogens is 2. The highest BCUT2D eigenvalue weighted by Gasteiger charge is 2.30. The van der Waals surface area contributed by atoms with Gasteiger partial charge in [0.2, 0.25) is 11.7 Å². The largest absolute Gasteiger partial charge is 0.376 e. The van der Waals surface area contributed by atoms with Gasteiger partial charge < -0.3 is 9.80 Å². The SMILES string of the molecule is CCC(=O)N1CCN(c2nc3ccccn3c(=O)c2[N+](=O)[O-])CC1. The van der Waals surface area contributed by atoms with E-state index in [1.165, 1.54) is 10.6 Å². The Balaban J connectivity index is 2.00. The van der Waals surface area contributed by atoms with Gasteiger partial charge in [-0.05, 0) is 12.1 Å². The highest BCUT2D eigenvalue weighted by molar-refractivity contribution is 5.76. The summed E-state index contributed by atoms with van der Waals surface area (Å²) in [7, 11) is 0. The maximum atomic E-state index is 12.4. The van der Waals surface area contributed by atoms with Crippen molar-refractivity contribution < 1.29 is 9.72 Å². The van der Waals surface area contributed by atoms with Crippen LogP contribution in [0.15, 0.2) is 29.2 Å². The van der Waals surface area contributed by atoms with Crippen molar-refractivity contribution in [1.29, 1.82) is 0 Å². The number of piperazine rings is 1. The molecule has 0 aromatic carbocycles. The van der Waals surface area contributed by atoms with E-state index in [-0.39, 0.29) is 11.7 Å². The zero-order valence-corrected chi connectivity index (χ0v) is 13.2. The topological polar surface area (TPSA) is 101 Å². The van der Waals surface area contributed by atoms with E-state index in [0.29, 0.717) is 38.2 Å². The fourth-order valence-electron chi connectivity index (χ4n) is 2.84. The third-order valence-electron chi connectivity index (χ3n) is 4.11. The van der Waals surface area contributed by atoms with Gasteiger partial charge in [-0.25, -0.2) is 4.98 Å². The summed E-state index contributed by atoms with van der Waals surface area (Å²) in [4.78, 5) is 42.6. The molecule has 9 nitrogen and oxygen atoms in total. The number of nitrogens with zero attached hydrogens (tertiary/aromatic N) is 5. The highest BCUT2D eigenvalue weighted by atomic mass is 16.6. The van der Waals surface area contributed by atoms with Crippen LogP contribution in [0.1, 0.15) is 13.3 Å². The van der Waals surface area contributed by atoms with Gasteiger partial charge in [0.1, 0.15) is 5.65 Å². The molecule has 0 bridgehead atoms. The van der Waals surface area contributed by atoms with Crippen molar-refractivity contribution in [2.45, 2.75) is 13.3 Å². The summed E-state index contributed by atoms with van der Waals surface area (Å²) in [5.74, 6) is 0.121. The van der Waals surface area contributed by atoms with Gasteiger partial charge in [0.25, 0.3) is 0 Å². The summed E-state index contributed by atoms with van der Waals surface area (Å²) in [5, 5.41) is 11.4. The molecular weight excluding hydrogens is 314 g/mol. The van der Waals surface area contributed by atoms with Crippen LogP contribution < -0.4 is 10.5 Å². The molecule has 1 aliphatic heterocycles. The molecule has 1 saturated heterocycles. The molecule has 0 radical (unpaired) electrons. The van der Waals surface area contributed by atoms with E-state index in [0.717, 1.165) is 0 Å². The molecule has 2 aromatic heterocycles. The van der Waals surface area contributed by atoms with Crippen molar-refractivity contribution >= 4 is 23.1 Å². The average molecular weight is 331 g/mol. The maximum Gasteiger partial charge on any atom is 0.376 e. The Morgan fingerprint density at radius 2 is 2.00 bits per heavy atom. The standard InChI is InChI=1S/C15H17N5O4/c1-2-12(21)17-7-9-18(10-8-17)14-13(20(23)24)15(22)19-6-4-3-5-11(19)16-14/h3-6H,2,7-10H2,1H3. The fourth-order valence-corrected chi connectivity index (χ4v) is 2.84. The first-order valence-corrected chi connectivity index (χ1v) is 7.71. The first-order valence-electron chi connectivity index (χ1n) is 7.71. The minimum atomic E-state index is -0.701. The zero-order chi connectivity index (χ0) is 17.3. The molecule has 0 atom stereocenters. The predicted octanol–water partition coefficient (Wildman–Crippen LogP) is 0.661. The van der Waals surface area contributed by atoms with E-state index in [1.807, 2.05) is 0 Å². The highest BCUT2D eigenvalue weighted by Crippen LogP contribution is 2.24. The number of amides is 1. The third-order valence-corrected chi connectivity index (χ3v) is 4.11. The summed E-state index contributed by atoms with van der Waals surface area (Å²) in [6.45, 7) is 3.52. The third kappa shape index (κ3) is 2.68. The molecule has 0 N–H and O–H groups in total. The molecule has 1 amide bonds. The number of anilines is 1. The van der Waals surface area contributed by atoms with Crippen molar-refractivity contribution in [3.8, 4) is 0 Å². The summed E-state index contributed by atoms with van der Waals surface area (Å²) in [6.07, 6.45) is 1.88. The van der Waals surface area contributed by atoms with Crippen LogP contribution in [-0.4, -0.2) is 51.3 Å². The molecule has 9 heteroatoms. The minimum absolute atomic E-state index is 0.0516. The quantitative estimate of drug-likeness (QED) is 0.605. The minimum Gasteiger partial charge on any atom is -0.347 e. The van der Waals surface area contributed by atoms with Crippen LogP contribution in [0.3, 0.4) is 0 Å². The Morgan fingerprint density at radius 1 is 1.29 bits per heavy atom. The first kappa shape index (κ1) is 15.9. The summed E-state index contributed by atoms with van der Waals surface area (Å²) < 4.78 is 1.17. The van der Waals surface area contributed by atoms with Crippen LogP contribution in [0.5, 0.6) is 0 Å². The van der Waals surface area contributed by atoms with Gasteiger partial charge in [-0.3, -0.25) is 24.1 Å². The number of hydrogen-bond donors (Lipinski definition) is 0. The summed E-state index contributed by atoms with van der Waals surface area (Å²) >= 11 is 0. The Bertz CT molecular complexity index is 855. The second kappa shape index (κ2) is 6.26. The van der Waals surface area contributed by atoms with E-state index in [1.54, 1.807) is 34.9 Å². The Kier molecular flexibility index (Phi) is 4.15. The van der Waals surface area contributed by atoms with E-state index >= 15 is 0 Å². The second-order valence-electron chi connectivity index (χ2n) is 5.50. The first-order chi connectivity index (χ1) is 11.5. The lowest BCUT2D eigenvalue weighted by Gasteiger charge is -2.34. The number of fused-ring (bicyclic) bond motifs is 1. The molecule has 3 rings (SSSR count). The molecule has 0 unspecified atom stereocenters. The number of carbonyl (C=O) groups is 1. The van der Waals surface area contributed by atoms with Gasteiger partial charge in [0.05, 0.1) is 4.92 Å². The van der Waals surface area contributed by atoms with E-state index in [4.69, 9.17) is 0 Å². The van der Waals surface area contributed by atoms with Crippen molar-refractivity contribution in [3.63, 3.8) is 0 Å². The van der Waals surface area contributed by atoms with Crippen LogP contribution in [0.4, 0.5) is 11.5 Å². The van der Waals surface area contributed by atoms with Crippen LogP contribution in [0.25, 0.3) is 5.65 Å². The molecule has 24 heavy (non-hydrogen) atoms. The van der Waals surface area contributed by atoms with Crippen LogP contribution in [-0.2, 0) is 4.79 Å². The van der Waals surface area contributed by atoms with E-state index in [9.17, 15) is 19.7 Å². The Hall–Kier alpha value is -2.97. The van der Waals surface area contributed by atoms with Crippen molar-refractivity contribution in [2.24, 2.45) is 0 Å². The van der Waals surface area contributed by atoms with Crippen molar-refractivity contribution in [2.75, 3.05) is 31.1 Å². The molecule has 0 saturated carbocycles.